The fraction of sp³-hybridized carbons (Fsp3) is 0.567. The molecule has 8 heteroatoms. The van der Waals surface area contributed by atoms with Gasteiger partial charge in [0.2, 0.25) is 0 Å². The number of H-pyrrole nitrogens is 2. The molecule has 1 aromatic carbocycles. The molecule has 2 saturated heterocycles. The van der Waals surface area contributed by atoms with Gasteiger partial charge < -0.3 is 19.8 Å². The maximum atomic E-state index is 13.5. The van der Waals surface area contributed by atoms with Gasteiger partial charge in [0, 0.05) is 56.5 Å². The van der Waals surface area contributed by atoms with Crippen LogP contribution in [0.15, 0.2) is 49.1 Å². The number of likely N-dealkylation sites (tertiary alicyclic amines) is 2. The summed E-state index contributed by atoms with van der Waals surface area (Å²) in [6, 6.07) is 8.19. The Labute approximate surface area is 226 Å². The Morgan fingerprint density at radius 3 is 2.11 bits per heavy atom. The van der Waals surface area contributed by atoms with Gasteiger partial charge in [0.05, 0.1) is 13.1 Å². The van der Waals surface area contributed by atoms with E-state index in [1.807, 2.05) is 24.5 Å². The van der Waals surface area contributed by atoms with Crippen molar-refractivity contribution in [3.63, 3.8) is 0 Å². The normalized spacial score (nSPS) is 18.4. The summed E-state index contributed by atoms with van der Waals surface area (Å²) in [5.74, 6) is 2.02. The van der Waals surface area contributed by atoms with Gasteiger partial charge in [-0.2, -0.15) is 0 Å². The van der Waals surface area contributed by atoms with Crippen LogP contribution in [0.3, 0.4) is 0 Å². The van der Waals surface area contributed by atoms with Crippen molar-refractivity contribution in [2.45, 2.75) is 66.1 Å². The number of imidazole rings is 2. The van der Waals surface area contributed by atoms with Gasteiger partial charge in [-0.25, -0.2) is 9.97 Å². The second-order valence-corrected chi connectivity index (χ2v) is 12.6. The van der Waals surface area contributed by atoms with Crippen LogP contribution in [0.5, 0.6) is 0 Å². The van der Waals surface area contributed by atoms with Crippen LogP contribution in [0.1, 0.15) is 74.0 Å². The molecule has 2 aliphatic heterocycles. The monoisotopic (exact) mass is 517 g/mol. The fourth-order valence-electron chi connectivity index (χ4n) is 6.20. The first-order valence-electron chi connectivity index (χ1n) is 14.1. The maximum absolute atomic E-state index is 13.5. The number of aromatic amines is 2. The summed E-state index contributed by atoms with van der Waals surface area (Å²) in [5, 5.41) is 0. The summed E-state index contributed by atoms with van der Waals surface area (Å²) in [6.07, 6.45) is 12.0. The van der Waals surface area contributed by atoms with Crippen LogP contribution in [0, 0.1) is 10.8 Å². The number of nitrogens with one attached hydrogen (secondary N) is 2. The Morgan fingerprint density at radius 2 is 1.55 bits per heavy atom. The van der Waals surface area contributed by atoms with E-state index in [1.54, 1.807) is 12.4 Å². The molecule has 2 N–H and O–H groups in total. The topological polar surface area (TPSA) is 84.2 Å². The van der Waals surface area contributed by atoms with Crippen molar-refractivity contribution in [1.82, 2.24) is 34.6 Å². The summed E-state index contributed by atoms with van der Waals surface area (Å²) >= 11 is 0. The van der Waals surface area contributed by atoms with Gasteiger partial charge in [-0.05, 0) is 67.3 Å². The van der Waals surface area contributed by atoms with E-state index in [4.69, 9.17) is 0 Å². The summed E-state index contributed by atoms with van der Waals surface area (Å²) in [5.41, 5.74) is 2.58. The zero-order valence-corrected chi connectivity index (χ0v) is 23.2. The van der Waals surface area contributed by atoms with Crippen molar-refractivity contribution in [1.29, 1.82) is 0 Å². The predicted octanol–water partition coefficient (Wildman–Crippen LogP) is 4.70. The lowest BCUT2D eigenvalue weighted by atomic mass is 9.72. The summed E-state index contributed by atoms with van der Waals surface area (Å²) in [7, 11) is 0. The number of hydrogen-bond donors (Lipinski definition) is 2. The molecular formula is C30H43N7O. The molecule has 204 valence electrons. The van der Waals surface area contributed by atoms with E-state index in [0.717, 1.165) is 62.9 Å². The summed E-state index contributed by atoms with van der Waals surface area (Å²) in [6.45, 7) is 14.3. The minimum Gasteiger partial charge on any atom is -0.348 e. The van der Waals surface area contributed by atoms with Crippen molar-refractivity contribution in [2.75, 3.05) is 32.7 Å². The molecule has 0 atom stereocenters. The number of nitrogens with zero attached hydrogens (tertiary/aromatic N) is 5. The summed E-state index contributed by atoms with van der Waals surface area (Å²) in [4.78, 5) is 35.7. The Kier molecular flexibility index (Phi) is 8.00. The molecule has 2 fully saturated rings. The van der Waals surface area contributed by atoms with Crippen LogP contribution in [-0.4, -0.2) is 73.3 Å². The molecular weight excluding hydrogens is 474 g/mol. The highest BCUT2D eigenvalue weighted by molar-refractivity contribution is 5.94. The Morgan fingerprint density at radius 1 is 0.921 bits per heavy atom. The highest BCUT2D eigenvalue weighted by Crippen LogP contribution is 2.40. The molecule has 4 heterocycles. The average Bonchev–Trinajstić information content (AvgIpc) is 3.60. The molecule has 0 bridgehead atoms. The van der Waals surface area contributed by atoms with Gasteiger partial charge >= 0.3 is 0 Å². The van der Waals surface area contributed by atoms with Gasteiger partial charge in [-0.15, -0.1) is 0 Å². The van der Waals surface area contributed by atoms with E-state index >= 15 is 0 Å². The molecule has 0 radical (unpaired) electrons. The molecule has 0 aliphatic carbocycles. The lowest BCUT2D eigenvalue weighted by molar-refractivity contribution is 0.0150. The van der Waals surface area contributed by atoms with Crippen LogP contribution < -0.4 is 0 Å². The first-order chi connectivity index (χ1) is 18.3. The average molecular weight is 518 g/mol. The van der Waals surface area contributed by atoms with Gasteiger partial charge in [0.1, 0.15) is 11.6 Å². The molecule has 0 unspecified atom stereocenters. The Bertz CT molecular complexity index is 1100. The second kappa shape index (κ2) is 11.4. The van der Waals surface area contributed by atoms with E-state index in [2.05, 4.69) is 67.5 Å². The minimum absolute atomic E-state index is 0.177. The number of carbonyl (C=O) groups excluding carboxylic acids is 1. The van der Waals surface area contributed by atoms with Crippen LogP contribution in [0.2, 0.25) is 0 Å². The van der Waals surface area contributed by atoms with Crippen molar-refractivity contribution >= 4 is 5.91 Å². The van der Waals surface area contributed by atoms with Gasteiger partial charge in [0.15, 0.2) is 0 Å². The van der Waals surface area contributed by atoms with E-state index in [1.165, 1.54) is 24.8 Å². The van der Waals surface area contributed by atoms with Crippen molar-refractivity contribution < 1.29 is 4.79 Å². The van der Waals surface area contributed by atoms with Crippen LogP contribution in [-0.2, 0) is 19.6 Å². The third-order valence-corrected chi connectivity index (χ3v) is 8.03. The van der Waals surface area contributed by atoms with E-state index in [0.29, 0.717) is 23.9 Å². The zero-order valence-electron chi connectivity index (χ0n) is 23.2. The Balaban J connectivity index is 1.19. The van der Waals surface area contributed by atoms with Crippen LogP contribution >= 0.6 is 0 Å². The number of aromatic nitrogens is 4. The third kappa shape index (κ3) is 6.91. The third-order valence-electron chi connectivity index (χ3n) is 8.03. The quantitative estimate of drug-likeness (QED) is 0.453. The van der Waals surface area contributed by atoms with Crippen molar-refractivity contribution in [3.8, 4) is 0 Å². The minimum atomic E-state index is 0.177. The second-order valence-electron chi connectivity index (χ2n) is 12.6. The maximum Gasteiger partial charge on any atom is 0.253 e. The van der Waals surface area contributed by atoms with Crippen molar-refractivity contribution in [2.24, 2.45) is 10.8 Å². The lowest BCUT2D eigenvalue weighted by Crippen LogP contribution is -2.52. The van der Waals surface area contributed by atoms with E-state index < -0.39 is 0 Å². The molecule has 2 aliphatic rings. The number of hydrogen-bond acceptors (Lipinski definition) is 5. The standard InChI is InChI=1S/C30H43N7O/c1-29(2,3)22-35-17-10-30(11-18-35)9-4-16-37(23-30)28(38)25-7-5-24(6-8-25)19-36(20-26-31-12-13-32-26)21-27-33-14-15-34-27/h5-8,12-15H,4,9-11,16-23H2,1-3H3,(H,31,32)(H,33,34). The fourth-order valence-corrected chi connectivity index (χ4v) is 6.20. The van der Waals surface area contributed by atoms with Crippen LogP contribution in [0.4, 0.5) is 0 Å². The first kappa shape index (κ1) is 26.6. The molecule has 8 nitrogen and oxygen atoms in total. The number of rotatable bonds is 8. The number of amides is 1. The number of carbonyl (C=O) groups is 1. The van der Waals surface area contributed by atoms with Crippen molar-refractivity contribution in [3.05, 3.63) is 71.8 Å². The molecule has 1 amide bonds. The highest BCUT2D eigenvalue weighted by Gasteiger charge is 2.40. The van der Waals surface area contributed by atoms with Gasteiger partial charge in [-0.1, -0.05) is 32.9 Å². The first-order valence-corrected chi connectivity index (χ1v) is 14.1. The van der Waals surface area contributed by atoms with Crippen LogP contribution in [0.25, 0.3) is 0 Å². The van der Waals surface area contributed by atoms with Gasteiger partial charge in [0.25, 0.3) is 5.91 Å². The highest BCUT2D eigenvalue weighted by atomic mass is 16.2. The smallest absolute Gasteiger partial charge is 0.253 e. The molecule has 38 heavy (non-hydrogen) atoms. The van der Waals surface area contributed by atoms with Gasteiger partial charge in [-0.3, -0.25) is 9.69 Å². The predicted molar refractivity (Wildman–Crippen MR) is 149 cm³/mol. The molecule has 2 aromatic heterocycles. The SMILES string of the molecule is CC(C)(C)CN1CCC2(CCCN(C(=O)c3ccc(CN(Cc4ncc[nH]4)Cc4ncc[nH]4)cc3)C2)CC1. The number of benzene rings is 1. The molecule has 1 spiro atoms. The molecule has 5 rings (SSSR count). The van der Waals surface area contributed by atoms with E-state index in [-0.39, 0.29) is 5.91 Å². The van der Waals surface area contributed by atoms with E-state index in [9.17, 15) is 4.79 Å². The zero-order chi connectivity index (χ0) is 26.6. The number of piperidine rings is 2. The largest absolute Gasteiger partial charge is 0.348 e. The lowest BCUT2D eigenvalue weighted by Gasteiger charge is -2.48. The molecule has 3 aromatic rings. The Hall–Kier alpha value is -2.97. The summed E-state index contributed by atoms with van der Waals surface area (Å²) < 4.78 is 0. The molecule has 0 saturated carbocycles.